The molecule has 0 aliphatic heterocycles. The van der Waals surface area contributed by atoms with E-state index in [9.17, 15) is 31.1 Å². The molecule has 32 heavy (non-hydrogen) atoms. The average Bonchev–Trinajstić information content (AvgIpc) is 3.05. The van der Waals surface area contributed by atoms with Gasteiger partial charge in [0.1, 0.15) is 5.69 Å². The Labute approximate surface area is 191 Å². The molecule has 1 amide bonds. The molecule has 180 valence electrons. The van der Waals surface area contributed by atoms with E-state index < -0.39 is 24.7 Å². The lowest BCUT2D eigenvalue weighted by atomic mass is 10.1. The minimum Gasteiger partial charge on any atom is -0.308 e. The van der Waals surface area contributed by atoms with Crippen molar-refractivity contribution in [3.05, 3.63) is 29.7 Å². The number of rotatable bonds is 11. The van der Waals surface area contributed by atoms with Crippen molar-refractivity contribution in [2.45, 2.75) is 39.0 Å². The zero-order valence-electron chi connectivity index (χ0n) is 17.4. The molecule has 0 aromatic carbocycles. The van der Waals surface area contributed by atoms with Crippen LogP contribution in [0.3, 0.4) is 0 Å². The minimum atomic E-state index is -5.35. The number of carbonyl (C=O) groups is 1. The van der Waals surface area contributed by atoms with Crippen molar-refractivity contribution in [1.82, 2.24) is 9.78 Å². The molecule has 0 saturated heterocycles. The van der Waals surface area contributed by atoms with Gasteiger partial charge in [-0.2, -0.15) is 43.2 Å². The van der Waals surface area contributed by atoms with E-state index in [0.29, 0.717) is 11.4 Å². The molecular formula is C19H23ClF6N4OS. The van der Waals surface area contributed by atoms with Gasteiger partial charge in [-0.25, -0.2) is 4.68 Å². The van der Waals surface area contributed by atoms with Crippen molar-refractivity contribution in [1.29, 1.82) is 0 Å². The third-order valence-electron chi connectivity index (χ3n) is 4.25. The fourth-order valence-corrected chi connectivity index (χ4v) is 3.77. The van der Waals surface area contributed by atoms with Crippen molar-refractivity contribution >= 4 is 47.4 Å². The number of allylic oxidation sites excluding steroid dienone is 3. The Bertz CT molecular complexity index is 821. The highest BCUT2D eigenvalue weighted by atomic mass is 35.5. The van der Waals surface area contributed by atoms with Crippen LogP contribution in [0.25, 0.3) is 5.70 Å². The maximum absolute atomic E-state index is 12.6. The smallest absolute Gasteiger partial charge is 0.308 e. The van der Waals surface area contributed by atoms with Gasteiger partial charge in [0.05, 0.1) is 6.20 Å². The van der Waals surface area contributed by atoms with E-state index in [4.69, 9.17) is 11.6 Å². The van der Waals surface area contributed by atoms with Gasteiger partial charge in [0.15, 0.2) is 11.1 Å². The Kier molecular flexibility index (Phi) is 10.8. The molecule has 0 spiro atoms. The average molecular weight is 505 g/mol. The fraction of sp³-hybridized carbons (Fsp3) is 0.526. The Hall–Kier alpha value is -1.95. The van der Waals surface area contributed by atoms with Gasteiger partial charge in [0.2, 0.25) is 5.91 Å². The molecule has 0 saturated carbocycles. The van der Waals surface area contributed by atoms with Crippen LogP contribution in [0, 0.1) is 5.92 Å². The zero-order valence-corrected chi connectivity index (χ0v) is 19.0. The molecule has 5 nitrogen and oxygen atoms in total. The molecule has 0 unspecified atom stereocenters. The highest BCUT2D eigenvalue weighted by molar-refractivity contribution is 7.99. The maximum atomic E-state index is 12.6. The summed E-state index contributed by atoms with van der Waals surface area (Å²) in [6.07, 6.45) is -5.51. The van der Waals surface area contributed by atoms with Gasteiger partial charge in [0, 0.05) is 30.6 Å². The second kappa shape index (κ2) is 12.3. The molecule has 1 rings (SSSR count). The second-order valence-corrected chi connectivity index (χ2v) is 8.09. The highest BCUT2D eigenvalue weighted by Gasteiger charge is 2.55. The number of aromatic nitrogens is 2. The van der Waals surface area contributed by atoms with Gasteiger partial charge in [-0.15, -0.1) is 0 Å². The molecule has 0 aliphatic carbocycles. The summed E-state index contributed by atoms with van der Waals surface area (Å²) < 4.78 is 76.8. The van der Waals surface area contributed by atoms with Crippen LogP contribution >= 0.6 is 23.4 Å². The fourth-order valence-electron chi connectivity index (χ4n) is 2.62. The van der Waals surface area contributed by atoms with Crippen LogP contribution in [0.15, 0.2) is 29.5 Å². The Morgan fingerprint density at radius 1 is 1.31 bits per heavy atom. The van der Waals surface area contributed by atoms with E-state index in [0.717, 1.165) is 11.8 Å². The summed E-state index contributed by atoms with van der Waals surface area (Å²) >= 11 is 7.01. The monoisotopic (exact) mass is 504 g/mol. The number of hydrogen-bond acceptors (Lipinski definition) is 4. The van der Waals surface area contributed by atoms with E-state index >= 15 is 0 Å². The van der Waals surface area contributed by atoms with Gasteiger partial charge in [-0.05, 0) is 44.9 Å². The number of aliphatic imine (C=N–C) groups is 1. The molecule has 1 heterocycles. The van der Waals surface area contributed by atoms with Crippen molar-refractivity contribution in [2.24, 2.45) is 10.9 Å². The van der Waals surface area contributed by atoms with Gasteiger partial charge in [-0.1, -0.05) is 11.6 Å². The summed E-state index contributed by atoms with van der Waals surface area (Å²) in [4.78, 5) is 17.5. The molecule has 13 heteroatoms. The summed E-state index contributed by atoms with van der Waals surface area (Å²) in [6.45, 7) is 7.02. The van der Waals surface area contributed by atoms with Crippen LogP contribution in [0.1, 0.15) is 26.7 Å². The molecule has 1 aromatic heterocycles. The molecule has 0 radical (unpaired) electrons. The van der Waals surface area contributed by atoms with Gasteiger partial charge >= 0.3 is 12.4 Å². The lowest BCUT2D eigenvalue weighted by Crippen LogP contribution is -2.36. The summed E-state index contributed by atoms with van der Waals surface area (Å²) in [5.74, 6) is -4.05. The Morgan fingerprint density at radius 3 is 2.47 bits per heavy atom. The topological polar surface area (TPSA) is 50.5 Å². The van der Waals surface area contributed by atoms with E-state index in [1.54, 1.807) is 32.2 Å². The zero-order chi connectivity index (χ0) is 24.5. The van der Waals surface area contributed by atoms with Crippen LogP contribution in [0.5, 0.6) is 0 Å². The number of carbonyl (C=O) groups excluding carboxylic acids is 1. The van der Waals surface area contributed by atoms with Crippen LogP contribution < -0.4 is 4.90 Å². The number of anilines is 1. The first-order valence-electron chi connectivity index (χ1n) is 9.39. The molecule has 1 aromatic rings. The Morgan fingerprint density at radius 2 is 1.94 bits per heavy atom. The summed E-state index contributed by atoms with van der Waals surface area (Å²) in [6, 6.07) is 0. The second-order valence-electron chi connectivity index (χ2n) is 6.51. The first-order chi connectivity index (χ1) is 14.8. The number of hydrogen-bond donors (Lipinski definition) is 0. The summed E-state index contributed by atoms with van der Waals surface area (Å²) in [5.41, 5.74) is 1.03. The molecule has 0 aliphatic rings. The number of nitrogens with zero attached hydrogens (tertiary/aromatic N) is 4. The predicted molar refractivity (Wildman–Crippen MR) is 116 cm³/mol. The van der Waals surface area contributed by atoms with E-state index in [2.05, 4.69) is 16.8 Å². The molecule has 0 N–H and O–H groups in total. The molecule has 0 atom stereocenters. The number of alkyl halides is 6. The lowest BCUT2D eigenvalue weighted by molar-refractivity contribution is -0.284. The quantitative estimate of drug-likeness (QED) is 0.156. The van der Waals surface area contributed by atoms with Crippen molar-refractivity contribution in [3.8, 4) is 0 Å². The van der Waals surface area contributed by atoms with E-state index in [-0.39, 0.29) is 35.5 Å². The van der Waals surface area contributed by atoms with Crippen LogP contribution in [0.4, 0.5) is 32.0 Å². The third-order valence-corrected chi connectivity index (χ3v) is 5.54. The highest BCUT2D eigenvalue weighted by Crippen LogP contribution is 2.41. The minimum absolute atomic E-state index is 0.0712. The van der Waals surface area contributed by atoms with Gasteiger partial charge < -0.3 is 4.90 Å². The molecule has 0 fully saturated rings. The lowest BCUT2D eigenvalue weighted by Gasteiger charge is -2.22. The van der Waals surface area contributed by atoms with Gasteiger partial charge in [0.25, 0.3) is 0 Å². The maximum Gasteiger partial charge on any atom is 0.400 e. The summed E-state index contributed by atoms with van der Waals surface area (Å²) in [5, 5.41) is 4.21. The SMILES string of the molecule is C=N/C=C\C=C(/C)n1cc(N(CC)C(=O)CCSCCC(C(F)(F)F)C(F)(F)F)c(Cl)n1. The standard InChI is InChI=1S/C19H23ClF6N4OS/c1-4-29(14-12-30(28-17(14)20)13(2)6-5-9-27-3)16(31)8-11-32-10-7-15(18(21,22)23)19(24,25)26/h5-6,9,12,15H,3-4,7-8,10-11H2,1-2H3/b9-5-,13-6+. The summed E-state index contributed by atoms with van der Waals surface area (Å²) in [7, 11) is 0. The van der Waals surface area contributed by atoms with E-state index in [1.165, 1.54) is 15.8 Å². The van der Waals surface area contributed by atoms with Gasteiger partial charge in [-0.3, -0.25) is 9.79 Å². The predicted octanol–water partition coefficient (Wildman–Crippen LogP) is 6.22. The van der Waals surface area contributed by atoms with Crippen molar-refractivity contribution in [3.63, 3.8) is 0 Å². The first kappa shape index (κ1) is 28.1. The normalized spacial score (nSPS) is 13.2. The number of thioether (sulfide) groups is 1. The third kappa shape index (κ3) is 8.53. The van der Waals surface area contributed by atoms with Crippen LogP contribution in [-0.2, 0) is 4.79 Å². The largest absolute Gasteiger partial charge is 0.400 e. The first-order valence-corrected chi connectivity index (χ1v) is 10.9. The van der Waals surface area contributed by atoms with Crippen LogP contribution in [-0.4, -0.2) is 52.8 Å². The number of amides is 1. The van der Waals surface area contributed by atoms with Crippen LogP contribution in [0.2, 0.25) is 5.15 Å². The van der Waals surface area contributed by atoms with Crippen molar-refractivity contribution in [2.75, 3.05) is 23.0 Å². The molecular weight excluding hydrogens is 482 g/mol. The Balaban J connectivity index is 2.70. The van der Waals surface area contributed by atoms with Crippen molar-refractivity contribution < 1.29 is 31.1 Å². The van der Waals surface area contributed by atoms with E-state index in [1.807, 2.05) is 0 Å². The number of halogens is 7. The molecule has 0 bridgehead atoms.